The van der Waals surface area contributed by atoms with Gasteiger partial charge in [-0.3, -0.25) is 4.79 Å². The van der Waals surface area contributed by atoms with E-state index in [1.165, 1.54) is 19.3 Å². The van der Waals surface area contributed by atoms with Crippen LogP contribution >= 0.6 is 11.8 Å². The van der Waals surface area contributed by atoms with Crippen molar-refractivity contribution in [1.82, 2.24) is 20.1 Å². The third-order valence-electron chi connectivity index (χ3n) is 3.79. The van der Waals surface area contributed by atoms with Gasteiger partial charge in [-0.05, 0) is 19.8 Å². The lowest BCUT2D eigenvalue weighted by Crippen LogP contribution is -2.36. The SMILES string of the molecule is Cc1nnc(SCCC(=O)NC2CCCCC2)n1CCN. The van der Waals surface area contributed by atoms with E-state index in [9.17, 15) is 4.79 Å². The summed E-state index contributed by atoms with van der Waals surface area (Å²) in [7, 11) is 0. The molecular formula is C14H25N5OS. The largest absolute Gasteiger partial charge is 0.353 e. The summed E-state index contributed by atoms with van der Waals surface area (Å²) in [6.07, 6.45) is 6.56. The summed E-state index contributed by atoms with van der Waals surface area (Å²) in [5.74, 6) is 1.74. The maximum Gasteiger partial charge on any atom is 0.221 e. The zero-order valence-corrected chi connectivity index (χ0v) is 13.5. The number of aryl methyl sites for hydroxylation is 1. The lowest BCUT2D eigenvalue weighted by atomic mass is 9.95. The first-order valence-corrected chi connectivity index (χ1v) is 8.71. The molecule has 7 heteroatoms. The van der Waals surface area contributed by atoms with Gasteiger partial charge in [-0.1, -0.05) is 31.0 Å². The fraction of sp³-hybridized carbons (Fsp3) is 0.786. The molecule has 1 aliphatic carbocycles. The maximum atomic E-state index is 11.9. The van der Waals surface area contributed by atoms with Gasteiger partial charge in [0, 0.05) is 31.3 Å². The standard InChI is InChI=1S/C14H25N5OS/c1-11-17-18-14(19(11)9-8-15)21-10-7-13(20)16-12-5-3-2-4-6-12/h12H,2-10,15H2,1H3,(H,16,20). The first-order valence-electron chi connectivity index (χ1n) is 7.72. The molecule has 0 saturated heterocycles. The molecule has 0 bridgehead atoms. The molecule has 0 atom stereocenters. The van der Waals surface area contributed by atoms with Gasteiger partial charge >= 0.3 is 0 Å². The number of nitrogens with zero attached hydrogens (tertiary/aromatic N) is 3. The van der Waals surface area contributed by atoms with Crippen molar-refractivity contribution in [1.29, 1.82) is 0 Å². The zero-order valence-electron chi connectivity index (χ0n) is 12.7. The smallest absolute Gasteiger partial charge is 0.221 e. The van der Waals surface area contributed by atoms with E-state index in [1.54, 1.807) is 11.8 Å². The summed E-state index contributed by atoms with van der Waals surface area (Å²) in [6.45, 7) is 3.20. The third kappa shape index (κ3) is 5.00. The molecule has 3 N–H and O–H groups in total. The predicted molar refractivity (Wildman–Crippen MR) is 84.2 cm³/mol. The van der Waals surface area contributed by atoms with Crippen LogP contribution in [0.1, 0.15) is 44.3 Å². The molecule has 21 heavy (non-hydrogen) atoms. The Hall–Kier alpha value is -1.08. The molecule has 2 rings (SSSR count). The van der Waals surface area contributed by atoms with Gasteiger partial charge in [0.15, 0.2) is 5.16 Å². The summed E-state index contributed by atoms with van der Waals surface area (Å²) < 4.78 is 2.00. The van der Waals surface area contributed by atoms with Gasteiger partial charge in [-0.15, -0.1) is 10.2 Å². The van der Waals surface area contributed by atoms with Crippen LogP contribution in [0.2, 0.25) is 0 Å². The molecule has 1 aromatic rings. The van der Waals surface area contributed by atoms with Crippen LogP contribution in [-0.4, -0.2) is 39.0 Å². The lowest BCUT2D eigenvalue weighted by molar-refractivity contribution is -0.121. The normalized spacial score (nSPS) is 16.1. The van der Waals surface area contributed by atoms with E-state index < -0.39 is 0 Å². The van der Waals surface area contributed by atoms with Gasteiger partial charge in [-0.25, -0.2) is 0 Å². The van der Waals surface area contributed by atoms with E-state index in [-0.39, 0.29) is 5.91 Å². The Morgan fingerprint density at radius 2 is 2.14 bits per heavy atom. The monoisotopic (exact) mass is 311 g/mol. The number of carbonyl (C=O) groups excluding carboxylic acids is 1. The summed E-state index contributed by atoms with van der Waals surface area (Å²) in [5, 5.41) is 12.2. The highest BCUT2D eigenvalue weighted by atomic mass is 32.2. The second-order valence-corrected chi connectivity index (χ2v) is 6.53. The van der Waals surface area contributed by atoms with Crippen LogP contribution in [0.3, 0.4) is 0 Å². The molecule has 0 radical (unpaired) electrons. The number of amides is 1. The van der Waals surface area contributed by atoms with Crippen molar-refractivity contribution in [3.05, 3.63) is 5.82 Å². The minimum Gasteiger partial charge on any atom is -0.353 e. The number of nitrogens with one attached hydrogen (secondary N) is 1. The fourth-order valence-electron chi connectivity index (χ4n) is 2.64. The van der Waals surface area contributed by atoms with Crippen LogP contribution in [0.25, 0.3) is 0 Å². The van der Waals surface area contributed by atoms with Gasteiger partial charge in [0.05, 0.1) is 0 Å². The molecule has 6 nitrogen and oxygen atoms in total. The van der Waals surface area contributed by atoms with Crippen molar-refractivity contribution in [2.75, 3.05) is 12.3 Å². The second-order valence-electron chi connectivity index (χ2n) is 5.47. The van der Waals surface area contributed by atoms with Crippen LogP contribution in [0.15, 0.2) is 5.16 Å². The van der Waals surface area contributed by atoms with Crippen LogP contribution in [0.4, 0.5) is 0 Å². The Kier molecular flexibility index (Phi) is 6.50. The Morgan fingerprint density at radius 3 is 2.86 bits per heavy atom. The van der Waals surface area contributed by atoms with Crippen LogP contribution in [0.5, 0.6) is 0 Å². The van der Waals surface area contributed by atoms with Crippen molar-refractivity contribution >= 4 is 17.7 Å². The lowest BCUT2D eigenvalue weighted by Gasteiger charge is -2.22. The van der Waals surface area contributed by atoms with Gasteiger partial charge < -0.3 is 15.6 Å². The average Bonchev–Trinajstić information content (AvgIpc) is 2.82. The van der Waals surface area contributed by atoms with Gasteiger partial charge in [0.1, 0.15) is 5.82 Å². The van der Waals surface area contributed by atoms with E-state index in [0.717, 1.165) is 36.1 Å². The van der Waals surface area contributed by atoms with Crippen molar-refractivity contribution in [2.45, 2.75) is 63.2 Å². The third-order valence-corrected chi connectivity index (χ3v) is 4.75. The van der Waals surface area contributed by atoms with E-state index in [0.29, 0.717) is 19.0 Å². The molecule has 1 fully saturated rings. The zero-order chi connectivity index (χ0) is 15.1. The molecular weight excluding hydrogens is 286 g/mol. The first kappa shape index (κ1) is 16.3. The molecule has 1 heterocycles. The Balaban J connectivity index is 1.72. The van der Waals surface area contributed by atoms with E-state index in [1.807, 2.05) is 11.5 Å². The summed E-state index contributed by atoms with van der Waals surface area (Å²) in [4.78, 5) is 11.9. The molecule has 1 amide bonds. The average molecular weight is 311 g/mol. The predicted octanol–water partition coefficient (Wildman–Crippen LogP) is 1.48. The number of hydrogen-bond donors (Lipinski definition) is 2. The van der Waals surface area contributed by atoms with Crippen LogP contribution in [0, 0.1) is 6.92 Å². The van der Waals surface area contributed by atoms with Crippen molar-refractivity contribution in [2.24, 2.45) is 5.73 Å². The number of rotatable bonds is 7. The molecule has 0 aliphatic heterocycles. The van der Waals surface area contributed by atoms with Gasteiger partial charge in [-0.2, -0.15) is 0 Å². The Labute approximate surface area is 130 Å². The minimum absolute atomic E-state index is 0.149. The van der Waals surface area contributed by atoms with E-state index in [4.69, 9.17) is 5.73 Å². The van der Waals surface area contributed by atoms with Crippen molar-refractivity contribution < 1.29 is 4.79 Å². The molecule has 0 unspecified atom stereocenters. The van der Waals surface area contributed by atoms with Crippen LogP contribution < -0.4 is 11.1 Å². The number of carbonyl (C=O) groups is 1. The summed E-state index contributed by atoms with van der Waals surface area (Å²) in [6, 6.07) is 0.388. The highest BCUT2D eigenvalue weighted by molar-refractivity contribution is 7.99. The summed E-state index contributed by atoms with van der Waals surface area (Å²) >= 11 is 1.57. The molecule has 1 saturated carbocycles. The van der Waals surface area contributed by atoms with Crippen molar-refractivity contribution in [3.63, 3.8) is 0 Å². The molecule has 1 aliphatic rings. The maximum absolute atomic E-state index is 11.9. The second kappa shape index (κ2) is 8.38. The van der Waals surface area contributed by atoms with E-state index in [2.05, 4.69) is 15.5 Å². The Morgan fingerprint density at radius 1 is 1.38 bits per heavy atom. The molecule has 0 spiro atoms. The van der Waals surface area contributed by atoms with E-state index >= 15 is 0 Å². The number of thioether (sulfide) groups is 1. The quantitative estimate of drug-likeness (QED) is 0.745. The van der Waals surface area contributed by atoms with Crippen LogP contribution in [-0.2, 0) is 11.3 Å². The topological polar surface area (TPSA) is 85.8 Å². The van der Waals surface area contributed by atoms with Gasteiger partial charge in [0.2, 0.25) is 5.91 Å². The van der Waals surface area contributed by atoms with Crippen molar-refractivity contribution in [3.8, 4) is 0 Å². The highest BCUT2D eigenvalue weighted by Crippen LogP contribution is 2.19. The summed E-state index contributed by atoms with van der Waals surface area (Å²) in [5.41, 5.74) is 5.59. The minimum atomic E-state index is 0.149. The number of hydrogen-bond acceptors (Lipinski definition) is 5. The molecule has 1 aromatic heterocycles. The molecule has 118 valence electrons. The van der Waals surface area contributed by atoms with Gasteiger partial charge in [0.25, 0.3) is 0 Å². The number of nitrogens with two attached hydrogens (primary N) is 1. The first-order chi connectivity index (χ1) is 10.2. The fourth-order valence-corrected chi connectivity index (χ4v) is 3.58. The Bertz CT molecular complexity index is 456. The molecule has 0 aromatic carbocycles. The highest BCUT2D eigenvalue weighted by Gasteiger charge is 2.16. The number of aromatic nitrogens is 3.